The van der Waals surface area contributed by atoms with Gasteiger partial charge in [0.2, 0.25) is 0 Å². The van der Waals surface area contributed by atoms with Gasteiger partial charge in [0.25, 0.3) is 0 Å². The average Bonchev–Trinajstić information content (AvgIpc) is 3.04. The van der Waals surface area contributed by atoms with Gasteiger partial charge in [0.05, 0.1) is 5.69 Å². The van der Waals surface area contributed by atoms with Crippen LogP contribution < -0.4 is 16.0 Å². The minimum Gasteiger partial charge on any atom is -0.379 e. The fourth-order valence-electron chi connectivity index (χ4n) is 4.64. The van der Waals surface area contributed by atoms with Crippen molar-refractivity contribution >= 4 is 17.3 Å². The second-order valence-electron chi connectivity index (χ2n) is 8.18. The number of benzene rings is 1. The number of aryl methyl sites for hydroxylation is 1. The molecule has 1 aromatic heterocycles. The fourth-order valence-corrected chi connectivity index (χ4v) is 4.64. The molecule has 150 valence electrons. The molecule has 0 bridgehead atoms. The van der Waals surface area contributed by atoms with Gasteiger partial charge in [-0.3, -0.25) is 0 Å². The number of rotatable bonds is 6. The van der Waals surface area contributed by atoms with Crippen LogP contribution in [0.4, 0.5) is 21.7 Å². The summed E-state index contributed by atoms with van der Waals surface area (Å²) in [5.41, 5.74) is 2.95. The SMILES string of the molecule is Cc1ccc(F)c2c1C(CCNc1cc(NC3CCCCC3)ncn1)C(C)N2. The Labute approximate surface area is 166 Å². The largest absolute Gasteiger partial charge is 0.379 e. The molecule has 1 aromatic carbocycles. The summed E-state index contributed by atoms with van der Waals surface area (Å²) in [4.78, 5) is 8.72. The van der Waals surface area contributed by atoms with Gasteiger partial charge >= 0.3 is 0 Å². The highest BCUT2D eigenvalue weighted by molar-refractivity contribution is 5.63. The van der Waals surface area contributed by atoms with Crippen LogP contribution in [0.15, 0.2) is 24.5 Å². The van der Waals surface area contributed by atoms with Gasteiger partial charge in [-0.2, -0.15) is 0 Å². The van der Waals surface area contributed by atoms with E-state index in [-0.39, 0.29) is 11.9 Å². The molecule has 1 fully saturated rings. The molecular formula is C22H30FN5. The summed E-state index contributed by atoms with van der Waals surface area (Å²) in [5.74, 6) is 1.86. The molecule has 28 heavy (non-hydrogen) atoms. The molecule has 3 N–H and O–H groups in total. The van der Waals surface area contributed by atoms with Crippen LogP contribution in [0.1, 0.15) is 62.5 Å². The van der Waals surface area contributed by atoms with Gasteiger partial charge in [0.15, 0.2) is 0 Å². The number of hydrogen-bond donors (Lipinski definition) is 3. The van der Waals surface area contributed by atoms with E-state index in [0.29, 0.717) is 17.6 Å². The number of nitrogens with one attached hydrogen (secondary N) is 3. The Balaban J connectivity index is 1.36. The Hall–Kier alpha value is -2.37. The molecule has 0 radical (unpaired) electrons. The molecule has 0 amide bonds. The van der Waals surface area contributed by atoms with Crippen molar-refractivity contribution in [1.29, 1.82) is 0 Å². The predicted molar refractivity (Wildman–Crippen MR) is 113 cm³/mol. The number of halogens is 1. The van der Waals surface area contributed by atoms with Crippen LogP contribution in [0.5, 0.6) is 0 Å². The first kappa shape index (κ1) is 19.0. The Bertz CT molecular complexity index is 819. The lowest BCUT2D eigenvalue weighted by molar-refractivity contribution is 0.462. The predicted octanol–water partition coefficient (Wildman–Crippen LogP) is 5.07. The van der Waals surface area contributed by atoms with Gasteiger partial charge in [-0.25, -0.2) is 14.4 Å². The van der Waals surface area contributed by atoms with Gasteiger partial charge in [0, 0.05) is 30.6 Å². The molecular weight excluding hydrogens is 353 g/mol. The smallest absolute Gasteiger partial charge is 0.146 e. The quantitative estimate of drug-likeness (QED) is 0.650. The maximum absolute atomic E-state index is 14.1. The molecule has 1 saturated carbocycles. The minimum absolute atomic E-state index is 0.155. The maximum atomic E-state index is 14.1. The minimum atomic E-state index is -0.155. The summed E-state index contributed by atoms with van der Waals surface area (Å²) in [6, 6.07) is 6.17. The second kappa shape index (κ2) is 8.33. The van der Waals surface area contributed by atoms with E-state index in [0.717, 1.165) is 35.7 Å². The van der Waals surface area contributed by atoms with Crippen molar-refractivity contribution in [1.82, 2.24) is 9.97 Å². The number of aromatic nitrogens is 2. The van der Waals surface area contributed by atoms with Gasteiger partial charge in [-0.1, -0.05) is 25.3 Å². The third-order valence-corrected chi connectivity index (χ3v) is 6.14. The molecule has 6 heteroatoms. The first-order valence-corrected chi connectivity index (χ1v) is 10.5. The van der Waals surface area contributed by atoms with Crippen LogP contribution in [0, 0.1) is 12.7 Å². The first-order valence-electron chi connectivity index (χ1n) is 10.5. The molecule has 0 spiro atoms. The molecule has 5 nitrogen and oxygen atoms in total. The van der Waals surface area contributed by atoms with E-state index in [1.165, 1.54) is 32.1 Å². The molecule has 4 rings (SSSR count). The Morgan fingerprint density at radius 1 is 1.14 bits per heavy atom. The zero-order valence-electron chi connectivity index (χ0n) is 16.8. The van der Waals surface area contributed by atoms with Crippen LogP contribution in [0.3, 0.4) is 0 Å². The van der Waals surface area contributed by atoms with Gasteiger partial charge in [-0.05, 0) is 50.3 Å². The number of fused-ring (bicyclic) bond motifs is 1. The summed E-state index contributed by atoms with van der Waals surface area (Å²) in [6.07, 6.45) is 8.90. The van der Waals surface area contributed by atoms with E-state index in [2.05, 4.69) is 39.8 Å². The Morgan fingerprint density at radius 3 is 2.75 bits per heavy atom. The molecule has 0 saturated heterocycles. The molecule has 1 aliphatic heterocycles. The van der Waals surface area contributed by atoms with Crippen molar-refractivity contribution in [3.63, 3.8) is 0 Å². The Morgan fingerprint density at radius 2 is 1.93 bits per heavy atom. The number of hydrogen-bond acceptors (Lipinski definition) is 5. The van der Waals surface area contributed by atoms with Crippen LogP contribution in [0.25, 0.3) is 0 Å². The van der Waals surface area contributed by atoms with Gasteiger partial charge in [-0.15, -0.1) is 0 Å². The lowest BCUT2D eigenvalue weighted by Crippen LogP contribution is -2.23. The third kappa shape index (κ3) is 4.05. The van der Waals surface area contributed by atoms with Crippen LogP contribution >= 0.6 is 0 Å². The first-order chi connectivity index (χ1) is 13.6. The normalized spacial score (nSPS) is 21.8. The monoisotopic (exact) mass is 383 g/mol. The van der Waals surface area contributed by atoms with Crippen LogP contribution in [-0.4, -0.2) is 28.6 Å². The maximum Gasteiger partial charge on any atom is 0.146 e. The third-order valence-electron chi connectivity index (χ3n) is 6.14. The fraction of sp³-hybridized carbons (Fsp3) is 0.545. The highest BCUT2D eigenvalue weighted by Crippen LogP contribution is 2.41. The highest BCUT2D eigenvalue weighted by Gasteiger charge is 2.32. The van der Waals surface area contributed by atoms with Crippen molar-refractivity contribution in [3.05, 3.63) is 41.5 Å². The second-order valence-corrected chi connectivity index (χ2v) is 8.18. The molecule has 2 aliphatic rings. The van der Waals surface area contributed by atoms with Gasteiger partial charge < -0.3 is 16.0 Å². The number of nitrogens with zero attached hydrogens (tertiary/aromatic N) is 2. The van der Waals surface area contributed by atoms with Crippen molar-refractivity contribution < 1.29 is 4.39 Å². The van der Waals surface area contributed by atoms with Crippen molar-refractivity contribution in [2.24, 2.45) is 0 Å². The molecule has 2 aromatic rings. The van der Waals surface area contributed by atoms with E-state index in [9.17, 15) is 4.39 Å². The van der Waals surface area contributed by atoms with Crippen LogP contribution in [0.2, 0.25) is 0 Å². The summed E-state index contributed by atoms with van der Waals surface area (Å²) in [5, 5.41) is 10.3. The van der Waals surface area contributed by atoms with E-state index >= 15 is 0 Å². The van der Waals surface area contributed by atoms with Crippen molar-refractivity contribution in [2.75, 3.05) is 22.5 Å². The molecule has 2 atom stereocenters. The lowest BCUT2D eigenvalue weighted by atomic mass is 9.89. The van der Waals surface area contributed by atoms with Crippen molar-refractivity contribution in [2.45, 2.75) is 70.4 Å². The van der Waals surface area contributed by atoms with E-state index in [1.54, 1.807) is 12.4 Å². The summed E-state index contributed by atoms with van der Waals surface area (Å²) in [6.45, 7) is 4.97. The standard InChI is InChI=1S/C22H30FN5/c1-14-8-9-18(23)22-21(14)17(15(2)27-22)10-11-24-19-12-20(26-13-25-19)28-16-6-4-3-5-7-16/h8-9,12-13,15-17,27H,3-7,10-11H2,1-2H3,(H2,24,25,26,28). The highest BCUT2D eigenvalue weighted by atomic mass is 19.1. The zero-order valence-corrected chi connectivity index (χ0v) is 16.8. The van der Waals surface area contributed by atoms with Crippen LogP contribution in [-0.2, 0) is 0 Å². The molecule has 1 aliphatic carbocycles. The zero-order chi connectivity index (χ0) is 19.5. The Kier molecular flexibility index (Phi) is 5.64. The average molecular weight is 384 g/mol. The summed E-state index contributed by atoms with van der Waals surface area (Å²) in [7, 11) is 0. The molecule has 2 unspecified atom stereocenters. The topological polar surface area (TPSA) is 61.9 Å². The van der Waals surface area contributed by atoms with E-state index in [1.807, 2.05) is 12.1 Å². The van der Waals surface area contributed by atoms with Gasteiger partial charge in [0.1, 0.15) is 23.8 Å². The summed E-state index contributed by atoms with van der Waals surface area (Å²) >= 11 is 0. The van der Waals surface area contributed by atoms with E-state index in [4.69, 9.17) is 0 Å². The van der Waals surface area contributed by atoms with Crippen molar-refractivity contribution in [3.8, 4) is 0 Å². The summed E-state index contributed by atoms with van der Waals surface area (Å²) < 4.78 is 14.1. The number of anilines is 3. The van der Waals surface area contributed by atoms with E-state index < -0.39 is 0 Å². The molecule has 2 heterocycles. The lowest BCUT2D eigenvalue weighted by Gasteiger charge is -2.23.